The van der Waals surface area contributed by atoms with Gasteiger partial charge in [0.2, 0.25) is 5.91 Å². The van der Waals surface area contributed by atoms with Crippen LogP contribution in [-0.2, 0) is 9.53 Å². The van der Waals surface area contributed by atoms with Crippen LogP contribution >= 0.6 is 0 Å². The second kappa shape index (κ2) is 12.3. The van der Waals surface area contributed by atoms with E-state index in [2.05, 4.69) is 5.32 Å². The van der Waals surface area contributed by atoms with Gasteiger partial charge in [0.05, 0.1) is 18.1 Å². The molecular weight excluding hydrogens is 475 g/mol. The largest absolute Gasteiger partial charge is 0.491 e. The van der Waals surface area contributed by atoms with Gasteiger partial charge in [-0.25, -0.2) is 0 Å². The number of methoxy groups -OCH3 is 1. The second-order valence-electron chi connectivity index (χ2n) is 10.1. The Balaban J connectivity index is 1.87. The molecule has 3 atom stereocenters. The quantitative estimate of drug-likeness (QED) is 0.625. The molecule has 1 saturated carbocycles. The Hall–Kier alpha value is -2.33. The maximum Gasteiger partial charge on any atom is 0.390 e. The molecule has 1 heterocycles. The van der Waals surface area contributed by atoms with Crippen molar-refractivity contribution in [3.8, 4) is 5.75 Å². The number of benzene rings is 1. The number of carbonyl (C=O) groups is 2. The zero-order valence-electron chi connectivity index (χ0n) is 21.6. The van der Waals surface area contributed by atoms with E-state index in [0.717, 1.165) is 25.7 Å². The maximum absolute atomic E-state index is 13.4. The number of likely N-dealkylation sites (N-methyl/N-ethyl adjacent to an activating group) is 1. The van der Waals surface area contributed by atoms with Crippen LogP contribution in [0.25, 0.3) is 0 Å². The van der Waals surface area contributed by atoms with Gasteiger partial charge in [-0.05, 0) is 43.9 Å². The molecule has 1 aliphatic carbocycles. The van der Waals surface area contributed by atoms with Gasteiger partial charge >= 0.3 is 6.18 Å². The fourth-order valence-electron chi connectivity index (χ4n) is 4.94. The van der Waals surface area contributed by atoms with E-state index in [4.69, 9.17) is 9.47 Å². The fourth-order valence-corrected chi connectivity index (χ4v) is 4.94. The van der Waals surface area contributed by atoms with Crippen molar-refractivity contribution in [2.75, 3.05) is 45.7 Å². The van der Waals surface area contributed by atoms with Crippen LogP contribution in [0.4, 0.5) is 18.9 Å². The van der Waals surface area contributed by atoms with Crippen molar-refractivity contribution in [2.24, 2.45) is 11.8 Å². The van der Waals surface area contributed by atoms with Crippen molar-refractivity contribution in [3.63, 3.8) is 0 Å². The topological polar surface area (TPSA) is 71.1 Å². The highest BCUT2D eigenvalue weighted by atomic mass is 19.4. The minimum Gasteiger partial charge on any atom is -0.491 e. The second-order valence-corrected chi connectivity index (χ2v) is 10.1. The Bertz CT molecular complexity index is 905. The molecule has 1 N–H and O–H groups in total. The van der Waals surface area contributed by atoms with Crippen molar-refractivity contribution in [2.45, 2.75) is 64.3 Å². The van der Waals surface area contributed by atoms with E-state index in [0.29, 0.717) is 23.5 Å². The summed E-state index contributed by atoms with van der Waals surface area (Å²) >= 11 is 0. The highest BCUT2D eigenvalue weighted by Gasteiger charge is 2.32. The molecule has 1 aromatic carbocycles. The minimum absolute atomic E-state index is 0.0203. The van der Waals surface area contributed by atoms with E-state index in [1.807, 2.05) is 13.8 Å². The van der Waals surface area contributed by atoms with E-state index in [9.17, 15) is 22.8 Å². The summed E-state index contributed by atoms with van der Waals surface area (Å²) in [5, 5.41) is 2.92. The van der Waals surface area contributed by atoms with Gasteiger partial charge in [-0.1, -0.05) is 19.8 Å². The van der Waals surface area contributed by atoms with Gasteiger partial charge in [-0.2, -0.15) is 13.2 Å². The molecule has 36 heavy (non-hydrogen) atoms. The van der Waals surface area contributed by atoms with Crippen LogP contribution < -0.4 is 10.1 Å². The lowest BCUT2D eigenvalue weighted by Gasteiger charge is -2.36. The summed E-state index contributed by atoms with van der Waals surface area (Å²) in [5.41, 5.74) is 0.804. The molecule has 1 fully saturated rings. The number of carbonyl (C=O) groups excluding carboxylic acids is 2. The molecule has 10 heteroatoms. The van der Waals surface area contributed by atoms with Gasteiger partial charge in [0.1, 0.15) is 12.4 Å². The molecule has 2 amide bonds. The number of alkyl halides is 3. The van der Waals surface area contributed by atoms with Crippen LogP contribution in [0.2, 0.25) is 0 Å². The van der Waals surface area contributed by atoms with Gasteiger partial charge < -0.3 is 19.7 Å². The van der Waals surface area contributed by atoms with Crippen LogP contribution in [0.15, 0.2) is 18.2 Å². The molecule has 3 rings (SSSR count). The number of nitrogens with zero attached hydrogens (tertiary/aromatic N) is 2. The lowest BCUT2D eigenvalue weighted by atomic mass is 10.0. The number of anilines is 1. The molecule has 202 valence electrons. The summed E-state index contributed by atoms with van der Waals surface area (Å²) in [4.78, 5) is 29.3. The normalized spacial score (nSPS) is 25.0. The summed E-state index contributed by atoms with van der Waals surface area (Å²) in [6, 6.07) is 4.62. The lowest BCUT2D eigenvalue weighted by Crippen LogP contribution is -2.47. The molecule has 1 aliphatic heterocycles. The number of amides is 2. The van der Waals surface area contributed by atoms with Crippen molar-refractivity contribution in [1.82, 2.24) is 9.80 Å². The number of nitrogens with one attached hydrogen (secondary N) is 1. The van der Waals surface area contributed by atoms with E-state index in [-0.39, 0.29) is 55.5 Å². The number of halogens is 3. The highest BCUT2D eigenvalue weighted by Crippen LogP contribution is 2.29. The zero-order valence-corrected chi connectivity index (χ0v) is 21.6. The number of hydrogen-bond acceptors (Lipinski definition) is 5. The molecule has 0 unspecified atom stereocenters. The molecule has 0 spiro atoms. The van der Waals surface area contributed by atoms with Gasteiger partial charge in [-0.15, -0.1) is 0 Å². The molecule has 0 aromatic heterocycles. The Morgan fingerprint density at radius 2 is 1.89 bits per heavy atom. The van der Waals surface area contributed by atoms with Crippen LogP contribution in [0.5, 0.6) is 5.75 Å². The standard InChI is InChI=1S/C26H38F3N3O4/c1-17-14-32(12-11-26(27,28)29)18(2)16-36-22-10-9-20(30-24(33)19-7-5-6-8-19)13-21(22)25(34)31(3)15-23(17)35-4/h9-10,13,17-19,23H,5-8,11-12,14-16H2,1-4H3,(H,30,33)/t17-,18-,23-/m1/s1. The van der Waals surface area contributed by atoms with Gasteiger partial charge in [0.25, 0.3) is 5.91 Å². The van der Waals surface area contributed by atoms with Crippen molar-refractivity contribution >= 4 is 17.5 Å². The third kappa shape index (κ3) is 7.59. The maximum atomic E-state index is 13.4. The van der Waals surface area contributed by atoms with Crippen molar-refractivity contribution in [3.05, 3.63) is 23.8 Å². The molecule has 2 aliphatic rings. The first-order valence-electron chi connectivity index (χ1n) is 12.6. The predicted octanol–water partition coefficient (Wildman–Crippen LogP) is 4.57. The monoisotopic (exact) mass is 513 g/mol. The first-order valence-corrected chi connectivity index (χ1v) is 12.6. The third-order valence-corrected chi connectivity index (χ3v) is 7.25. The third-order valence-electron chi connectivity index (χ3n) is 7.25. The number of fused-ring (bicyclic) bond motifs is 1. The summed E-state index contributed by atoms with van der Waals surface area (Å²) in [6.45, 7) is 4.33. The van der Waals surface area contributed by atoms with Crippen LogP contribution in [0, 0.1) is 11.8 Å². The van der Waals surface area contributed by atoms with E-state index < -0.39 is 12.6 Å². The average molecular weight is 514 g/mol. The zero-order chi connectivity index (χ0) is 26.5. The Labute approximate surface area is 211 Å². The van der Waals surface area contributed by atoms with Gasteiger partial charge in [0.15, 0.2) is 0 Å². The molecular formula is C26H38F3N3O4. The van der Waals surface area contributed by atoms with Crippen LogP contribution in [-0.4, -0.2) is 80.3 Å². The van der Waals surface area contributed by atoms with Gasteiger partial charge in [0, 0.05) is 51.4 Å². The van der Waals surface area contributed by atoms with Crippen molar-refractivity contribution < 1.29 is 32.2 Å². The van der Waals surface area contributed by atoms with Crippen LogP contribution in [0.3, 0.4) is 0 Å². The smallest absolute Gasteiger partial charge is 0.390 e. The van der Waals surface area contributed by atoms with Gasteiger partial charge in [-0.3, -0.25) is 14.5 Å². The fraction of sp³-hybridized carbons (Fsp3) is 0.692. The molecule has 0 saturated heterocycles. The lowest BCUT2D eigenvalue weighted by molar-refractivity contribution is -0.140. The summed E-state index contributed by atoms with van der Waals surface area (Å²) < 4.78 is 50.6. The highest BCUT2D eigenvalue weighted by molar-refractivity contribution is 5.99. The van der Waals surface area contributed by atoms with E-state index in [1.54, 1.807) is 37.3 Å². The Morgan fingerprint density at radius 1 is 1.19 bits per heavy atom. The SMILES string of the molecule is CO[C@@H]1CN(C)C(=O)c2cc(NC(=O)C3CCCC3)ccc2OC[C@@H](C)N(CCC(F)(F)F)C[C@H]1C. The Morgan fingerprint density at radius 3 is 2.53 bits per heavy atom. The summed E-state index contributed by atoms with van der Waals surface area (Å²) in [6.07, 6.45) is -1.74. The van der Waals surface area contributed by atoms with E-state index in [1.165, 1.54) is 4.90 Å². The van der Waals surface area contributed by atoms with E-state index >= 15 is 0 Å². The van der Waals surface area contributed by atoms with Crippen LogP contribution in [0.1, 0.15) is 56.3 Å². The number of ether oxygens (including phenoxy) is 2. The summed E-state index contributed by atoms with van der Waals surface area (Å²) in [7, 11) is 3.20. The molecule has 1 aromatic rings. The van der Waals surface area contributed by atoms with Crippen molar-refractivity contribution in [1.29, 1.82) is 0 Å². The first kappa shape index (κ1) is 28.2. The minimum atomic E-state index is -4.26. The average Bonchev–Trinajstić information content (AvgIpc) is 3.37. The number of rotatable bonds is 5. The molecule has 7 nitrogen and oxygen atoms in total. The molecule has 0 radical (unpaired) electrons. The summed E-state index contributed by atoms with van der Waals surface area (Å²) in [5.74, 6) is -0.149. The number of hydrogen-bond donors (Lipinski definition) is 1. The Kier molecular flexibility index (Phi) is 9.63. The first-order chi connectivity index (χ1) is 17.0. The predicted molar refractivity (Wildman–Crippen MR) is 131 cm³/mol. The molecule has 0 bridgehead atoms.